The van der Waals surface area contributed by atoms with Crippen LogP contribution < -0.4 is 5.32 Å². The van der Waals surface area contributed by atoms with Crippen LogP contribution in [0.25, 0.3) is 0 Å². The third-order valence-corrected chi connectivity index (χ3v) is 3.17. The van der Waals surface area contributed by atoms with Crippen LogP contribution in [0.15, 0.2) is 54.6 Å². The Morgan fingerprint density at radius 3 is 1.83 bits per heavy atom. The van der Waals surface area contributed by atoms with Gasteiger partial charge in [-0.05, 0) is 37.1 Å². The minimum absolute atomic E-state index is 0.193. The molecule has 0 aliphatic rings. The second kappa shape index (κ2) is 5.78. The minimum atomic E-state index is -0.193. The van der Waals surface area contributed by atoms with E-state index in [1.165, 1.54) is 17.7 Å². The molecule has 0 saturated carbocycles. The predicted octanol–water partition coefficient (Wildman–Crippen LogP) is 4.24. The van der Waals surface area contributed by atoms with Crippen LogP contribution in [-0.2, 0) is 0 Å². The van der Waals surface area contributed by atoms with E-state index in [1.807, 2.05) is 30.3 Å². The van der Waals surface area contributed by atoms with Crippen LogP contribution >= 0.6 is 0 Å². The highest BCUT2D eigenvalue weighted by Gasteiger charge is 2.10. The molecule has 1 N–H and O–H groups in total. The van der Waals surface area contributed by atoms with E-state index in [0.29, 0.717) is 0 Å². The molecule has 0 aliphatic heterocycles. The summed E-state index contributed by atoms with van der Waals surface area (Å²) in [5, 5.41) is 3.51. The lowest BCUT2D eigenvalue weighted by Gasteiger charge is -2.20. The first kappa shape index (κ1) is 12.8. The van der Waals surface area contributed by atoms with Crippen LogP contribution in [0.1, 0.15) is 37.1 Å². The molecule has 0 aliphatic carbocycles. The van der Waals surface area contributed by atoms with Crippen molar-refractivity contribution in [2.75, 3.05) is 0 Å². The van der Waals surface area contributed by atoms with Gasteiger partial charge in [0.05, 0.1) is 0 Å². The van der Waals surface area contributed by atoms with Crippen LogP contribution in [0.4, 0.5) is 4.39 Å². The lowest BCUT2D eigenvalue weighted by Crippen LogP contribution is -2.22. The molecule has 0 spiro atoms. The summed E-state index contributed by atoms with van der Waals surface area (Å²) in [4.78, 5) is 0. The van der Waals surface area contributed by atoms with Crippen molar-refractivity contribution in [2.24, 2.45) is 0 Å². The highest BCUT2D eigenvalue weighted by Crippen LogP contribution is 2.19. The van der Waals surface area contributed by atoms with Gasteiger partial charge in [0.25, 0.3) is 0 Å². The Bertz CT molecular complexity index is 478. The maximum absolute atomic E-state index is 12.9. The first-order valence-corrected chi connectivity index (χ1v) is 6.23. The molecule has 0 saturated heterocycles. The molecule has 2 aromatic carbocycles. The molecular formula is C16H18FN. The number of halogens is 1. The summed E-state index contributed by atoms with van der Waals surface area (Å²) in [7, 11) is 0. The van der Waals surface area contributed by atoms with E-state index in [0.717, 1.165) is 5.56 Å². The van der Waals surface area contributed by atoms with Crippen molar-refractivity contribution in [2.45, 2.75) is 25.9 Å². The van der Waals surface area contributed by atoms with Crippen LogP contribution in [-0.4, -0.2) is 0 Å². The summed E-state index contributed by atoms with van der Waals surface area (Å²) in [6.07, 6.45) is 0. The van der Waals surface area contributed by atoms with Crippen molar-refractivity contribution < 1.29 is 4.39 Å². The normalized spacial score (nSPS) is 14.2. The molecule has 1 nitrogen and oxygen atoms in total. The summed E-state index contributed by atoms with van der Waals surface area (Å²) >= 11 is 0. The molecule has 1 unspecified atom stereocenters. The number of hydrogen-bond acceptors (Lipinski definition) is 1. The van der Waals surface area contributed by atoms with Crippen molar-refractivity contribution in [1.29, 1.82) is 0 Å². The highest BCUT2D eigenvalue weighted by atomic mass is 19.1. The minimum Gasteiger partial charge on any atom is -0.304 e. The number of nitrogens with one attached hydrogen (secondary N) is 1. The molecule has 2 atom stereocenters. The van der Waals surface area contributed by atoms with Gasteiger partial charge in [0.2, 0.25) is 0 Å². The Morgan fingerprint density at radius 2 is 1.28 bits per heavy atom. The summed E-state index contributed by atoms with van der Waals surface area (Å²) < 4.78 is 12.9. The molecule has 18 heavy (non-hydrogen) atoms. The van der Waals surface area contributed by atoms with Crippen LogP contribution in [0, 0.1) is 5.82 Å². The zero-order valence-electron chi connectivity index (χ0n) is 10.7. The Balaban J connectivity index is 2.03. The molecular weight excluding hydrogens is 225 g/mol. The topological polar surface area (TPSA) is 12.0 Å². The van der Waals surface area contributed by atoms with Gasteiger partial charge in [-0.1, -0.05) is 42.5 Å². The quantitative estimate of drug-likeness (QED) is 0.847. The van der Waals surface area contributed by atoms with Gasteiger partial charge in [0, 0.05) is 12.1 Å². The number of hydrogen-bond donors (Lipinski definition) is 1. The predicted molar refractivity (Wildman–Crippen MR) is 72.8 cm³/mol. The van der Waals surface area contributed by atoms with E-state index < -0.39 is 0 Å². The van der Waals surface area contributed by atoms with E-state index in [-0.39, 0.29) is 17.9 Å². The molecule has 0 radical (unpaired) electrons. The lowest BCUT2D eigenvalue weighted by molar-refractivity contribution is 0.494. The Labute approximate surface area is 108 Å². The Hall–Kier alpha value is -1.67. The van der Waals surface area contributed by atoms with Gasteiger partial charge in [-0.3, -0.25) is 0 Å². The first-order valence-electron chi connectivity index (χ1n) is 6.23. The second-order valence-corrected chi connectivity index (χ2v) is 4.57. The molecule has 0 heterocycles. The summed E-state index contributed by atoms with van der Waals surface area (Å²) in [6, 6.07) is 17.4. The zero-order chi connectivity index (χ0) is 13.0. The third kappa shape index (κ3) is 3.17. The SMILES string of the molecule is CC(N[C@H](C)c1ccc(F)cc1)c1ccccc1. The van der Waals surface area contributed by atoms with E-state index in [1.54, 1.807) is 0 Å². The maximum Gasteiger partial charge on any atom is 0.123 e. The number of benzene rings is 2. The van der Waals surface area contributed by atoms with Crippen molar-refractivity contribution in [1.82, 2.24) is 5.32 Å². The van der Waals surface area contributed by atoms with E-state index in [2.05, 4.69) is 31.3 Å². The molecule has 2 heteroatoms. The lowest BCUT2D eigenvalue weighted by atomic mass is 10.0. The van der Waals surface area contributed by atoms with Crippen LogP contribution in [0.2, 0.25) is 0 Å². The van der Waals surface area contributed by atoms with Gasteiger partial charge >= 0.3 is 0 Å². The third-order valence-electron chi connectivity index (χ3n) is 3.17. The fourth-order valence-corrected chi connectivity index (χ4v) is 2.06. The Morgan fingerprint density at radius 1 is 0.778 bits per heavy atom. The molecule has 2 aromatic rings. The average molecular weight is 243 g/mol. The Kier molecular flexibility index (Phi) is 4.11. The summed E-state index contributed by atoms with van der Waals surface area (Å²) in [6.45, 7) is 4.22. The maximum atomic E-state index is 12.9. The van der Waals surface area contributed by atoms with Gasteiger partial charge < -0.3 is 5.32 Å². The van der Waals surface area contributed by atoms with Crippen molar-refractivity contribution >= 4 is 0 Å². The van der Waals surface area contributed by atoms with Gasteiger partial charge in [0.15, 0.2) is 0 Å². The first-order chi connectivity index (χ1) is 8.66. The largest absolute Gasteiger partial charge is 0.304 e. The summed E-state index contributed by atoms with van der Waals surface area (Å²) in [5.41, 5.74) is 2.35. The average Bonchev–Trinajstić information content (AvgIpc) is 2.40. The summed E-state index contributed by atoms with van der Waals surface area (Å²) in [5.74, 6) is -0.193. The van der Waals surface area contributed by atoms with Gasteiger partial charge in [-0.15, -0.1) is 0 Å². The van der Waals surface area contributed by atoms with Gasteiger partial charge in [-0.2, -0.15) is 0 Å². The molecule has 94 valence electrons. The van der Waals surface area contributed by atoms with Crippen molar-refractivity contribution in [3.8, 4) is 0 Å². The molecule has 0 bridgehead atoms. The fraction of sp³-hybridized carbons (Fsp3) is 0.250. The van der Waals surface area contributed by atoms with Crippen molar-refractivity contribution in [3.05, 3.63) is 71.5 Å². The fourth-order valence-electron chi connectivity index (χ4n) is 2.06. The second-order valence-electron chi connectivity index (χ2n) is 4.57. The standard InChI is InChI=1S/C16H18FN/c1-12(14-6-4-3-5-7-14)18-13(2)15-8-10-16(17)11-9-15/h3-13,18H,1-2H3/t12?,13-/m1/s1. The van der Waals surface area contributed by atoms with Gasteiger partial charge in [0.1, 0.15) is 5.82 Å². The monoisotopic (exact) mass is 243 g/mol. The van der Waals surface area contributed by atoms with E-state index >= 15 is 0 Å². The van der Waals surface area contributed by atoms with E-state index in [4.69, 9.17) is 0 Å². The molecule has 0 aromatic heterocycles. The number of rotatable bonds is 4. The highest BCUT2D eigenvalue weighted by molar-refractivity contribution is 5.22. The van der Waals surface area contributed by atoms with Crippen LogP contribution in [0.3, 0.4) is 0 Å². The van der Waals surface area contributed by atoms with E-state index in [9.17, 15) is 4.39 Å². The smallest absolute Gasteiger partial charge is 0.123 e. The van der Waals surface area contributed by atoms with Gasteiger partial charge in [-0.25, -0.2) is 4.39 Å². The molecule has 2 rings (SSSR count). The molecule has 0 amide bonds. The van der Waals surface area contributed by atoms with Crippen LogP contribution in [0.5, 0.6) is 0 Å². The zero-order valence-corrected chi connectivity index (χ0v) is 10.7. The van der Waals surface area contributed by atoms with Crippen molar-refractivity contribution in [3.63, 3.8) is 0 Å². The molecule has 0 fully saturated rings.